The van der Waals surface area contributed by atoms with Crippen molar-refractivity contribution in [2.45, 2.75) is 17.0 Å². The Morgan fingerprint density at radius 2 is 1.73 bits per heavy atom. The SMILES string of the molecule is CNC(C)(Cl)C(Cl)(OC)c1ccccc1. The van der Waals surface area contributed by atoms with Gasteiger partial charge in [-0.1, -0.05) is 53.5 Å². The Morgan fingerprint density at radius 3 is 2.13 bits per heavy atom. The van der Waals surface area contributed by atoms with E-state index in [1.54, 1.807) is 14.0 Å². The van der Waals surface area contributed by atoms with Gasteiger partial charge in [-0.25, -0.2) is 0 Å². The smallest absolute Gasteiger partial charge is 0.198 e. The zero-order valence-corrected chi connectivity index (χ0v) is 10.6. The van der Waals surface area contributed by atoms with Gasteiger partial charge in [-0.05, 0) is 14.0 Å². The fourth-order valence-corrected chi connectivity index (χ4v) is 1.80. The molecule has 1 rings (SSSR count). The van der Waals surface area contributed by atoms with Crippen LogP contribution < -0.4 is 5.32 Å². The largest absolute Gasteiger partial charge is 0.356 e. The third-order valence-corrected chi connectivity index (χ3v) is 3.80. The molecule has 0 heterocycles. The summed E-state index contributed by atoms with van der Waals surface area (Å²) in [6.45, 7) is 1.78. The highest BCUT2D eigenvalue weighted by Gasteiger charge is 2.46. The molecule has 1 aromatic rings. The van der Waals surface area contributed by atoms with Crippen LogP contribution in [0, 0.1) is 0 Å². The van der Waals surface area contributed by atoms with Gasteiger partial charge in [-0.15, -0.1) is 0 Å². The fraction of sp³-hybridized carbons (Fsp3) is 0.455. The summed E-state index contributed by atoms with van der Waals surface area (Å²) in [6.07, 6.45) is 0. The third kappa shape index (κ3) is 2.28. The normalized spacial score (nSPS) is 19.3. The minimum absolute atomic E-state index is 0.820. The van der Waals surface area contributed by atoms with Crippen molar-refractivity contribution in [2.24, 2.45) is 0 Å². The van der Waals surface area contributed by atoms with Gasteiger partial charge in [0.05, 0.1) is 0 Å². The molecule has 2 atom stereocenters. The van der Waals surface area contributed by atoms with Crippen LogP contribution in [0.15, 0.2) is 30.3 Å². The number of benzene rings is 1. The lowest BCUT2D eigenvalue weighted by atomic mass is 10.0. The molecule has 0 aliphatic rings. The first-order valence-electron chi connectivity index (χ1n) is 4.65. The average Bonchev–Trinajstić information content (AvgIpc) is 2.29. The maximum atomic E-state index is 6.42. The molecule has 2 nitrogen and oxygen atoms in total. The van der Waals surface area contributed by atoms with Crippen molar-refractivity contribution in [1.29, 1.82) is 0 Å². The van der Waals surface area contributed by atoms with E-state index in [2.05, 4.69) is 5.32 Å². The molecule has 84 valence electrons. The van der Waals surface area contributed by atoms with Crippen LogP contribution in [-0.4, -0.2) is 19.2 Å². The summed E-state index contributed by atoms with van der Waals surface area (Å²) in [5.74, 6) is 0. The Kier molecular flexibility index (Phi) is 4.01. The van der Waals surface area contributed by atoms with Gasteiger partial charge in [-0.3, -0.25) is 5.32 Å². The van der Waals surface area contributed by atoms with Crippen LogP contribution in [-0.2, 0) is 9.80 Å². The molecule has 1 N–H and O–H groups in total. The van der Waals surface area contributed by atoms with Gasteiger partial charge in [0.2, 0.25) is 0 Å². The van der Waals surface area contributed by atoms with Crippen molar-refractivity contribution in [1.82, 2.24) is 5.32 Å². The molecule has 0 bridgehead atoms. The molecule has 0 radical (unpaired) electrons. The second-order valence-corrected chi connectivity index (χ2v) is 4.71. The monoisotopic (exact) mass is 247 g/mol. The van der Waals surface area contributed by atoms with E-state index < -0.39 is 10.1 Å². The van der Waals surface area contributed by atoms with Crippen LogP contribution >= 0.6 is 23.2 Å². The van der Waals surface area contributed by atoms with Crippen LogP contribution in [0.25, 0.3) is 0 Å². The third-order valence-electron chi connectivity index (χ3n) is 2.50. The summed E-state index contributed by atoms with van der Waals surface area (Å²) < 4.78 is 5.35. The van der Waals surface area contributed by atoms with Gasteiger partial charge in [0.1, 0.15) is 5.00 Å². The topological polar surface area (TPSA) is 21.3 Å². The number of alkyl halides is 2. The molecule has 0 fully saturated rings. The number of nitrogens with one attached hydrogen (secondary N) is 1. The molecule has 4 heteroatoms. The van der Waals surface area contributed by atoms with E-state index in [-0.39, 0.29) is 0 Å². The van der Waals surface area contributed by atoms with Crippen molar-refractivity contribution >= 4 is 23.2 Å². The Bertz CT molecular complexity index is 316. The molecular weight excluding hydrogens is 233 g/mol. The minimum Gasteiger partial charge on any atom is -0.356 e. The van der Waals surface area contributed by atoms with Gasteiger partial charge >= 0.3 is 0 Å². The van der Waals surface area contributed by atoms with E-state index in [0.29, 0.717) is 0 Å². The zero-order chi connectivity index (χ0) is 11.5. The summed E-state index contributed by atoms with van der Waals surface area (Å²) in [4.78, 5) is -0.884. The molecule has 0 aliphatic heterocycles. The molecule has 2 unspecified atom stereocenters. The van der Waals surface area contributed by atoms with E-state index in [4.69, 9.17) is 27.9 Å². The highest BCUT2D eigenvalue weighted by atomic mass is 35.5. The Labute approximate surface area is 101 Å². The summed E-state index contributed by atoms with van der Waals surface area (Å²) in [6, 6.07) is 9.48. The van der Waals surface area contributed by atoms with E-state index in [0.717, 1.165) is 5.56 Å². The van der Waals surface area contributed by atoms with Crippen LogP contribution in [0.2, 0.25) is 0 Å². The minimum atomic E-state index is -1.09. The van der Waals surface area contributed by atoms with Gasteiger partial charge in [0, 0.05) is 12.7 Å². The summed E-state index contributed by atoms with van der Waals surface area (Å²) in [7, 11) is 3.28. The molecule has 0 saturated heterocycles. The number of halogens is 2. The van der Waals surface area contributed by atoms with E-state index >= 15 is 0 Å². The number of ether oxygens (including phenoxy) is 1. The predicted molar refractivity (Wildman–Crippen MR) is 64.3 cm³/mol. The van der Waals surface area contributed by atoms with Crippen molar-refractivity contribution in [2.75, 3.05) is 14.2 Å². The van der Waals surface area contributed by atoms with Gasteiger partial charge in [0.25, 0.3) is 0 Å². The van der Waals surface area contributed by atoms with Crippen molar-refractivity contribution in [3.63, 3.8) is 0 Å². The van der Waals surface area contributed by atoms with Gasteiger partial charge in [0.15, 0.2) is 5.06 Å². The maximum absolute atomic E-state index is 6.42. The van der Waals surface area contributed by atoms with E-state index in [1.807, 2.05) is 30.3 Å². The average molecular weight is 248 g/mol. The van der Waals surface area contributed by atoms with Crippen molar-refractivity contribution < 1.29 is 4.74 Å². The molecule has 0 aromatic heterocycles. The standard InChI is InChI=1S/C11H15Cl2NO/c1-10(12,14-2)11(13,15-3)9-7-5-4-6-8-9/h4-8,14H,1-3H3. The number of methoxy groups -OCH3 is 1. The first kappa shape index (κ1) is 12.8. The molecular formula is C11H15Cl2NO. The summed E-state index contributed by atoms with van der Waals surface area (Å²) in [5, 5.41) is 1.85. The number of rotatable bonds is 4. The lowest BCUT2D eigenvalue weighted by molar-refractivity contribution is 0.0193. The molecule has 0 spiro atoms. The first-order chi connectivity index (χ1) is 6.98. The quantitative estimate of drug-likeness (QED) is 0.653. The van der Waals surface area contributed by atoms with Crippen LogP contribution in [0.5, 0.6) is 0 Å². The second kappa shape index (κ2) is 4.71. The number of likely N-dealkylation sites (N-methyl/N-ethyl adjacent to an activating group) is 1. The lowest BCUT2D eigenvalue weighted by Crippen LogP contribution is -2.51. The summed E-state index contributed by atoms with van der Waals surface area (Å²) in [5.41, 5.74) is 0.820. The van der Waals surface area contributed by atoms with Crippen LogP contribution in [0.1, 0.15) is 12.5 Å². The molecule has 15 heavy (non-hydrogen) atoms. The molecule has 0 aliphatic carbocycles. The fourth-order valence-electron chi connectivity index (χ4n) is 1.39. The van der Waals surface area contributed by atoms with Crippen molar-refractivity contribution in [3.8, 4) is 0 Å². The Balaban J connectivity index is 3.17. The molecule has 0 amide bonds. The highest BCUT2D eigenvalue weighted by molar-refractivity contribution is 6.33. The molecule has 0 saturated carbocycles. The number of hydrogen-bond acceptors (Lipinski definition) is 2. The predicted octanol–water partition coefficient (Wildman–Crippen LogP) is 2.90. The highest BCUT2D eigenvalue weighted by Crippen LogP contribution is 2.42. The first-order valence-corrected chi connectivity index (χ1v) is 5.41. The summed E-state index contributed by atoms with van der Waals surface area (Å²) >= 11 is 12.7. The second-order valence-electron chi connectivity index (χ2n) is 3.42. The lowest BCUT2D eigenvalue weighted by Gasteiger charge is -2.38. The van der Waals surface area contributed by atoms with E-state index in [9.17, 15) is 0 Å². The Morgan fingerprint density at radius 1 is 1.20 bits per heavy atom. The van der Waals surface area contributed by atoms with Crippen LogP contribution in [0.4, 0.5) is 0 Å². The Hall–Kier alpha value is -0.280. The van der Waals surface area contributed by atoms with Gasteiger partial charge in [-0.2, -0.15) is 0 Å². The zero-order valence-electron chi connectivity index (χ0n) is 9.05. The maximum Gasteiger partial charge on any atom is 0.198 e. The van der Waals surface area contributed by atoms with Gasteiger partial charge < -0.3 is 4.74 Å². The van der Waals surface area contributed by atoms with Crippen molar-refractivity contribution in [3.05, 3.63) is 35.9 Å². The van der Waals surface area contributed by atoms with Crippen LogP contribution in [0.3, 0.4) is 0 Å². The molecule has 1 aromatic carbocycles. The van der Waals surface area contributed by atoms with E-state index in [1.165, 1.54) is 7.11 Å². The number of hydrogen-bond donors (Lipinski definition) is 1.